The van der Waals surface area contributed by atoms with E-state index < -0.39 is 5.97 Å². The molecule has 8 heavy (non-hydrogen) atoms. The van der Waals surface area contributed by atoms with Gasteiger partial charge < -0.3 is 9.90 Å². The minimum atomic E-state index is -0.921. The monoisotopic (exact) mass is 111 g/mol. The second-order valence-electron chi connectivity index (χ2n) is 1.96. The molecular weight excluding hydrogens is 104 g/mol. The Morgan fingerprint density at radius 3 is 2.25 bits per heavy atom. The molecule has 0 amide bonds. The first-order valence-electron chi connectivity index (χ1n) is 2.66. The Morgan fingerprint density at radius 1 is 1.50 bits per heavy atom. The van der Waals surface area contributed by atoms with Crippen molar-refractivity contribution in [1.82, 2.24) is 0 Å². The van der Waals surface area contributed by atoms with E-state index >= 15 is 0 Å². The fraction of sp³-hybridized carbons (Fsp3) is 0.500. The molecule has 44 valence electrons. The Labute approximate surface area is 47.8 Å². The van der Waals surface area contributed by atoms with Gasteiger partial charge in [-0.05, 0) is 12.8 Å². The van der Waals surface area contributed by atoms with E-state index in [1.807, 2.05) is 12.2 Å². The van der Waals surface area contributed by atoms with Gasteiger partial charge in [0, 0.05) is 11.9 Å². The fourth-order valence-corrected chi connectivity index (χ4v) is 0.810. The Kier molecular flexibility index (Phi) is 1.33. The van der Waals surface area contributed by atoms with Crippen LogP contribution in [0.2, 0.25) is 0 Å². The highest BCUT2D eigenvalue weighted by Gasteiger charge is 2.09. The Balaban J connectivity index is 2.41. The maximum atomic E-state index is 10.1. The van der Waals surface area contributed by atoms with Gasteiger partial charge in [0.2, 0.25) is 0 Å². The van der Waals surface area contributed by atoms with E-state index in [-0.39, 0.29) is 5.92 Å². The molecule has 0 aromatic heterocycles. The van der Waals surface area contributed by atoms with Crippen LogP contribution in [0.5, 0.6) is 0 Å². The summed E-state index contributed by atoms with van der Waals surface area (Å²) in [7, 11) is 0. The van der Waals surface area contributed by atoms with Gasteiger partial charge in [0.1, 0.15) is 0 Å². The minimum Gasteiger partial charge on any atom is -0.550 e. The van der Waals surface area contributed by atoms with Crippen LogP contribution in [0, 0.1) is 5.92 Å². The predicted octanol–water partition coefficient (Wildman–Crippen LogP) is -0.298. The lowest BCUT2D eigenvalue weighted by atomic mass is 10.1. The molecule has 0 aromatic carbocycles. The molecule has 0 N–H and O–H groups in total. The fourth-order valence-electron chi connectivity index (χ4n) is 0.810. The first-order chi connectivity index (χ1) is 3.80. The number of hydrogen-bond donors (Lipinski definition) is 0. The van der Waals surface area contributed by atoms with Crippen LogP contribution >= 0.6 is 0 Å². The van der Waals surface area contributed by atoms with Gasteiger partial charge in [-0.1, -0.05) is 12.2 Å². The molecule has 2 heteroatoms. The van der Waals surface area contributed by atoms with Crippen molar-refractivity contribution in [2.24, 2.45) is 5.92 Å². The zero-order valence-electron chi connectivity index (χ0n) is 4.46. The Bertz CT molecular complexity index is 118. The normalized spacial score (nSPS) is 19.5. The standard InChI is InChI=1S/C6H8O2/c7-6(8)5-3-1-2-4-5/h1-2,5H,3-4H2,(H,7,8)/p-1. The SMILES string of the molecule is O=C([O-])C1CC=CC1. The van der Waals surface area contributed by atoms with Crippen LogP contribution in [0.4, 0.5) is 0 Å². The second-order valence-corrected chi connectivity index (χ2v) is 1.96. The lowest BCUT2D eigenvalue weighted by molar-refractivity contribution is -0.311. The molecule has 0 bridgehead atoms. The number of carbonyl (C=O) groups excluding carboxylic acids is 1. The largest absolute Gasteiger partial charge is 0.550 e. The summed E-state index contributed by atoms with van der Waals surface area (Å²) in [6.45, 7) is 0. The number of allylic oxidation sites excluding steroid dienone is 2. The van der Waals surface area contributed by atoms with Crippen LogP contribution in [0.25, 0.3) is 0 Å². The van der Waals surface area contributed by atoms with Gasteiger partial charge in [0.05, 0.1) is 0 Å². The first-order valence-corrected chi connectivity index (χ1v) is 2.66. The average molecular weight is 111 g/mol. The van der Waals surface area contributed by atoms with Crippen LogP contribution in [-0.4, -0.2) is 5.97 Å². The molecule has 0 heterocycles. The Hall–Kier alpha value is -0.790. The molecule has 0 unspecified atom stereocenters. The summed E-state index contributed by atoms with van der Waals surface area (Å²) < 4.78 is 0. The summed E-state index contributed by atoms with van der Waals surface area (Å²) in [6, 6.07) is 0. The number of aliphatic carboxylic acids is 1. The maximum Gasteiger partial charge on any atom is 0.0451 e. The van der Waals surface area contributed by atoms with E-state index in [2.05, 4.69) is 0 Å². The van der Waals surface area contributed by atoms with E-state index in [0.29, 0.717) is 12.8 Å². The number of carbonyl (C=O) groups is 1. The molecule has 1 rings (SSSR count). The number of carboxylic acids is 1. The van der Waals surface area contributed by atoms with Crippen LogP contribution in [0.3, 0.4) is 0 Å². The molecule has 0 radical (unpaired) electrons. The van der Waals surface area contributed by atoms with E-state index in [0.717, 1.165) is 0 Å². The van der Waals surface area contributed by atoms with Gasteiger partial charge in [-0.25, -0.2) is 0 Å². The zero-order valence-corrected chi connectivity index (χ0v) is 4.46. The molecule has 0 aromatic rings. The van der Waals surface area contributed by atoms with Crippen molar-refractivity contribution in [3.8, 4) is 0 Å². The molecule has 2 nitrogen and oxygen atoms in total. The maximum absolute atomic E-state index is 10.1. The van der Waals surface area contributed by atoms with Crippen molar-refractivity contribution in [3.63, 3.8) is 0 Å². The summed E-state index contributed by atoms with van der Waals surface area (Å²) in [5.41, 5.74) is 0. The van der Waals surface area contributed by atoms with Crippen LogP contribution in [0.1, 0.15) is 12.8 Å². The number of carboxylic acid groups (broad SMARTS) is 1. The molecule has 0 aliphatic heterocycles. The number of hydrogen-bond acceptors (Lipinski definition) is 2. The highest BCUT2D eigenvalue weighted by atomic mass is 16.4. The highest BCUT2D eigenvalue weighted by Crippen LogP contribution is 2.15. The lowest BCUT2D eigenvalue weighted by Crippen LogP contribution is -2.29. The van der Waals surface area contributed by atoms with Gasteiger partial charge in [-0.3, -0.25) is 0 Å². The smallest absolute Gasteiger partial charge is 0.0451 e. The van der Waals surface area contributed by atoms with Crippen molar-refractivity contribution < 1.29 is 9.90 Å². The summed E-state index contributed by atoms with van der Waals surface area (Å²) in [5, 5.41) is 10.1. The van der Waals surface area contributed by atoms with Crippen molar-refractivity contribution in [3.05, 3.63) is 12.2 Å². The molecule has 0 atom stereocenters. The van der Waals surface area contributed by atoms with Crippen molar-refractivity contribution in [2.75, 3.05) is 0 Å². The quantitative estimate of drug-likeness (QED) is 0.436. The highest BCUT2D eigenvalue weighted by molar-refractivity contribution is 5.68. The molecule has 0 spiro atoms. The zero-order chi connectivity index (χ0) is 5.98. The predicted molar refractivity (Wildman–Crippen MR) is 26.9 cm³/mol. The summed E-state index contributed by atoms with van der Waals surface area (Å²) in [6.07, 6.45) is 5.06. The van der Waals surface area contributed by atoms with E-state index in [1.54, 1.807) is 0 Å². The van der Waals surface area contributed by atoms with Crippen LogP contribution in [-0.2, 0) is 4.79 Å². The topological polar surface area (TPSA) is 40.1 Å². The van der Waals surface area contributed by atoms with Gasteiger partial charge in [-0.2, -0.15) is 0 Å². The van der Waals surface area contributed by atoms with Crippen LogP contribution < -0.4 is 5.11 Å². The van der Waals surface area contributed by atoms with Crippen molar-refractivity contribution in [2.45, 2.75) is 12.8 Å². The third kappa shape index (κ3) is 0.886. The van der Waals surface area contributed by atoms with Crippen LogP contribution in [0.15, 0.2) is 12.2 Å². The van der Waals surface area contributed by atoms with E-state index in [1.165, 1.54) is 0 Å². The summed E-state index contributed by atoms with van der Waals surface area (Å²) >= 11 is 0. The molecule has 1 aliphatic rings. The Morgan fingerprint density at radius 2 is 2.00 bits per heavy atom. The third-order valence-corrected chi connectivity index (χ3v) is 1.34. The average Bonchev–Trinajstić information content (AvgIpc) is 2.12. The van der Waals surface area contributed by atoms with Gasteiger partial charge in [0.15, 0.2) is 0 Å². The molecular formula is C6H7O2-. The second kappa shape index (κ2) is 1.99. The third-order valence-electron chi connectivity index (χ3n) is 1.34. The van der Waals surface area contributed by atoms with Gasteiger partial charge >= 0.3 is 0 Å². The molecule has 0 saturated heterocycles. The van der Waals surface area contributed by atoms with E-state index in [9.17, 15) is 9.90 Å². The van der Waals surface area contributed by atoms with Gasteiger partial charge in [0.25, 0.3) is 0 Å². The van der Waals surface area contributed by atoms with E-state index in [4.69, 9.17) is 0 Å². The molecule has 0 saturated carbocycles. The van der Waals surface area contributed by atoms with Gasteiger partial charge in [-0.15, -0.1) is 0 Å². The minimum absolute atomic E-state index is 0.241. The van der Waals surface area contributed by atoms with Crippen molar-refractivity contribution in [1.29, 1.82) is 0 Å². The first kappa shape index (κ1) is 5.35. The lowest BCUT2D eigenvalue weighted by Gasteiger charge is -2.07. The molecule has 0 fully saturated rings. The summed E-state index contributed by atoms with van der Waals surface area (Å²) in [5.74, 6) is -1.16. The summed E-state index contributed by atoms with van der Waals surface area (Å²) in [4.78, 5) is 10.1. The molecule has 1 aliphatic carbocycles. The number of rotatable bonds is 1. The van der Waals surface area contributed by atoms with Crippen molar-refractivity contribution >= 4 is 5.97 Å².